The summed E-state index contributed by atoms with van der Waals surface area (Å²) in [4.78, 5) is 21.3. The second kappa shape index (κ2) is 10.7. The van der Waals surface area contributed by atoms with Crippen LogP contribution in [0.4, 0.5) is 4.79 Å². The first-order valence-electron chi connectivity index (χ1n) is 7.64. The molecule has 0 spiro atoms. The number of amides is 1. The van der Waals surface area contributed by atoms with Gasteiger partial charge in [0.05, 0.1) is 6.61 Å². The van der Waals surface area contributed by atoms with Crippen LogP contribution in [0.1, 0.15) is 11.8 Å². The maximum Gasteiger partial charge on any atom is 0.409 e. The molecule has 1 N–H and O–H groups in total. The lowest BCUT2D eigenvalue weighted by Gasteiger charge is -2.35. The number of nitrogens with zero attached hydrogens (tertiary/aromatic N) is 3. The van der Waals surface area contributed by atoms with E-state index in [4.69, 9.17) is 4.74 Å². The SMILES string of the molecule is CCOC(=O)N1CCN(C(=NC)NCCc2cccs2)CC1.I. The van der Waals surface area contributed by atoms with Gasteiger partial charge in [-0.3, -0.25) is 4.99 Å². The van der Waals surface area contributed by atoms with Crippen LogP contribution in [-0.4, -0.2) is 68.2 Å². The molecule has 1 fully saturated rings. The van der Waals surface area contributed by atoms with Crippen molar-refractivity contribution >= 4 is 47.4 Å². The highest BCUT2D eigenvalue weighted by Gasteiger charge is 2.23. The third-order valence-electron chi connectivity index (χ3n) is 3.55. The van der Waals surface area contributed by atoms with Crippen LogP contribution < -0.4 is 5.32 Å². The fourth-order valence-corrected chi connectivity index (χ4v) is 3.11. The minimum atomic E-state index is -0.220. The van der Waals surface area contributed by atoms with E-state index in [1.807, 2.05) is 6.92 Å². The van der Waals surface area contributed by atoms with Gasteiger partial charge in [-0.05, 0) is 24.8 Å². The van der Waals surface area contributed by atoms with Crippen molar-refractivity contribution in [3.8, 4) is 0 Å². The number of piperazine rings is 1. The summed E-state index contributed by atoms with van der Waals surface area (Å²) in [6.07, 6.45) is 0.780. The summed E-state index contributed by atoms with van der Waals surface area (Å²) in [5, 5.41) is 5.49. The Morgan fingerprint density at radius 2 is 2.04 bits per heavy atom. The minimum Gasteiger partial charge on any atom is -0.450 e. The van der Waals surface area contributed by atoms with Gasteiger partial charge in [-0.15, -0.1) is 35.3 Å². The van der Waals surface area contributed by atoms with Gasteiger partial charge >= 0.3 is 6.09 Å². The van der Waals surface area contributed by atoms with E-state index in [1.54, 1.807) is 23.3 Å². The molecule has 1 aromatic rings. The van der Waals surface area contributed by atoms with Crippen molar-refractivity contribution in [2.45, 2.75) is 13.3 Å². The lowest BCUT2D eigenvalue weighted by Crippen LogP contribution is -2.54. The van der Waals surface area contributed by atoms with Gasteiger partial charge in [0, 0.05) is 44.6 Å². The monoisotopic (exact) mass is 452 g/mol. The third kappa shape index (κ3) is 6.17. The fraction of sp³-hybridized carbons (Fsp3) is 0.600. The van der Waals surface area contributed by atoms with E-state index in [0.717, 1.165) is 32.0 Å². The largest absolute Gasteiger partial charge is 0.450 e. The van der Waals surface area contributed by atoms with E-state index in [2.05, 4.69) is 32.7 Å². The lowest BCUT2D eigenvalue weighted by molar-refractivity contribution is 0.0915. The first-order valence-corrected chi connectivity index (χ1v) is 8.52. The molecule has 23 heavy (non-hydrogen) atoms. The molecule has 0 radical (unpaired) electrons. The van der Waals surface area contributed by atoms with Crippen LogP contribution in [0.15, 0.2) is 22.5 Å². The van der Waals surface area contributed by atoms with Crippen LogP contribution in [0.25, 0.3) is 0 Å². The average molecular weight is 452 g/mol. The molecule has 0 aliphatic carbocycles. The van der Waals surface area contributed by atoms with E-state index < -0.39 is 0 Å². The zero-order chi connectivity index (χ0) is 15.8. The van der Waals surface area contributed by atoms with Crippen LogP contribution in [0.2, 0.25) is 0 Å². The van der Waals surface area contributed by atoms with Crippen molar-refractivity contribution in [2.75, 3.05) is 46.4 Å². The Balaban J connectivity index is 0.00000264. The number of nitrogens with one attached hydrogen (secondary N) is 1. The van der Waals surface area contributed by atoms with E-state index in [-0.39, 0.29) is 30.1 Å². The molecule has 1 aliphatic heterocycles. The van der Waals surface area contributed by atoms with Crippen molar-refractivity contribution < 1.29 is 9.53 Å². The summed E-state index contributed by atoms with van der Waals surface area (Å²) in [7, 11) is 1.80. The van der Waals surface area contributed by atoms with Gasteiger partial charge in [-0.2, -0.15) is 0 Å². The molecule has 6 nitrogen and oxygen atoms in total. The number of halogens is 1. The quantitative estimate of drug-likeness (QED) is 0.433. The van der Waals surface area contributed by atoms with Crippen LogP contribution >= 0.6 is 35.3 Å². The number of aliphatic imine (C=N–C) groups is 1. The van der Waals surface area contributed by atoms with Crippen molar-refractivity contribution in [1.29, 1.82) is 0 Å². The third-order valence-corrected chi connectivity index (χ3v) is 4.49. The minimum absolute atomic E-state index is 0. The second-order valence-corrected chi connectivity index (χ2v) is 6.01. The smallest absolute Gasteiger partial charge is 0.409 e. The number of hydrogen-bond donors (Lipinski definition) is 1. The summed E-state index contributed by atoms with van der Waals surface area (Å²) in [6, 6.07) is 4.22. The Morgan fingerprint density at radius 3 is 2.61 bits per heavy atom. The molecule has 1 amide bonds. The number of ether oxygens (including phenoxy) is 1. The molecule has 2 heterocycles. The molecule has 1 saturated heterocycles. The number of guanidine groups is 1. The number of hydrogen-bond acceptors (Lipinski definition) is 4. The van der Waals surface area contributed by atoms with E-state index in [9.17, 15) is 4.79 Å². The average Bonchev–Trinajstić information content (AvgIpc) is 3.05. The van der Waals surface area contributed by atoms with Crippen molar-refractivity contribution in [1.82, 2.24) is 15.1 Å². The molecule has 0 unspecified atom stereocenters. The molecule has 1 aromatic heterocycles. The number of carbonyl (C=O) groups is 1. The molecule has 0 aromatic carbocycles. The molecule has 8 heteroatoms. The molecule has 0 bridgehead atoms. The number of thiophene rings is 1. The van der Waals surface area contributed by atoms with E-state index in [1.165, 1.54) is 4.88 Å². The van der Waals surface area contributed by atoms with Crippen LogP contribution in [0.5, 0.6) is 0 Å². The van der Waals surface area contributed by atoms with Gasteiger partial charge < -0.3 is 19.9 Å². The van der Waals surface area contributed by atoms with Crippen molar-refractivity contribution in [3.63, 3.8) is 0 Å². The fourth-order valence-electron chi connectivity index (χ4n) is 2.40. The zero-order valence-electron chi connectivity index (χ0n) is 13.7. The van der Waals surface area contributed by atoms with Crippen molar-refractivity contribution in [3.05, 3.63) is 22.4 Å². The van der Waals surface area contributed by atoms with Gasteiger partial charge in [-0.25, -0.2) is 4.79 Å². The molecule has 1 aliphatic rings. The Kier molecular flexibility index (Phi) is 9.30. The Morgan fingerprint density at radius 1 is 1.35 bits per heavy atom. The lowest BCUT2D eigenvalue weighted by atomic mass is 10.3. The highest BCUT2D eigenvalue weighted by molar-refractivity contribution is 14.0. The highest BCUT2D eigenvalue weighted by Crippen LogP contribution is 2.08. The maximum atomic E-state index is 11.7. The number of carbonyl (C=O) groups excluding carboxylic acids is 1. The predicted octanol–water partition coefficient (Wildman–Crippen LogP) is 2.26. The topological polar surface area (TPSA) is 57.2 Å². The summed E-state index contributed by atoms with van der Waals surface area (Å²) < 4.78 is 5.03. The molecule has 0 saturated carbocycles. The van der Waals surface area contributed by atoms with E-state index >= 15 is 0 Å². The maximum absolute atomic E-state index is 11.7. The molecular weight excluding hydrogens is 427 g/mol. The Labute approximate surface area is 158 Å². The summed E-state index contributed by atoms with van der Waals surface area (Å²) in [6.45, 7) is 6.01. The van der Waals surface area contributed by atoms with Crippen LogP contribution in [0, 0.1) is 0 Å². The molecule has 0 atom stereocenters. The van der Waals surface area contributed by atoms with Crippen LogP contribution in [-0.2, 0) is 11.2 Å². The Bertz CT molecular complexity index is 488. The summed E-state index contributed by atoms with van der Waals surface area (Å²) in [5.41, 5.74) is 0. The first kappa shape index (κ1) is 20.0. The standard InChI is InChI=1S/C15H24N4O2S.HI/c1-3-21-15(20)19-10-8-18(9-11-19)14(16-2)17-7-6-13-5-4-12-22-13;/h4-5,12H,3,6-11H2,1-2H3,(H,16,17);1H. The predicted molar refractivity (Wildman–Crippen MR) is 105 cm³/mol. The normalized spacial score (nSPS) is 15.1. The second-order valence-electron chi connectivity index (χ2n) is 4.98. The zero-order valence-corrected chi connectivity index (χ0v) is 16.8. The van der Waals surface area contributed by atoms with Gasteiger partial charge in [0.15, 0.2) is 5.96 Å². The molecular formula is C15H25IN4O2S. The van der Waals surface area contributed by atoms with Gasteiger partial charge in [0.25, 0.3) is 0 Å². The summed E-state index contributed by atoms with van der Waals surface area (Å²) >= 11 is 1.77. The Hall–Kier alpha value is -1.03. The highest BCUT2D eigenvalue weighted by atomic mass is 127. The van der Waals surface area contributed by atoms with E-state index in [0.29, 0.717) is 19.7 Å². The van der Waals surface area contributed by atoms with Gasteiger partial charge in [0.2, 0.25) is 0 Å². The molecule has 130 valence electrons. The van der Waals surface area contributed by atoms with Crippen LogP contribution in [0.3, 0.4) is 0 Å². The van der Waals surface area contributed by atoms with Crippen molar-refractivity contribution in [2.24, 2.45) is 4.99 Å². The molecule has 2 rings (SSSR count). The summed E-state index contributed by atoms with van der Waals surface area (Å²) in [5.74, 6) is 0.903. The van der Waals surface area contributed by atoms with Gasteiger partial charge in [-0.1, -0.05) is 6.07 Å². The van der Waals surface area contributed by atoms with Gasteiger partial charge in [0.1, 0.15) is 0 Å². The number of rotatable bonds is 4. The first-order chi connectivity index (χ1) is 10.7.